The maximum absolute atomic E-state index is 10.2. The van der Waals surface area contributed by atoms with Gasteiger partial charge in [0.1, 0.15) is 26.9 Å². The maximum atomic E-state index is 10.2. The van der Waals surface area contributed by atoms with E-state index in [-0.39, 0.29) is 6.04 Å². The van der Waals surface area contributed by atoms with Gasteiger partial charge in [0.2, 0.25) is 5.82 Å². The molecule has 2 N–H and O–H groups in total. The number of hydrogen-bond donors (Lipinski definition) is 2. The minimum Gasteiger partial charge on any atom is -0.378 e. The van der Waals surface area contributed by atoms with Gasteiger partial charge in [-0.25, -0.2) is 9.97 Å². The Hall–Kier alpha value is -1.47. The van der Waals surface area contributed by atoms with E-state index in [0.717, 1.165) is 17.2 Å². The summed E-state index contributed by atoms with van der Waals surface area (Å²) in [5, 5.41) is 14.4. The largest absolute Gasteiger partial charge is 0.378 e. The number of rotatable bonds is 4. The molecule has 0 amide bonds. The van der Waals surface area contributed by atoms with E-state index in [4.69, 9.17) is 26.3 Å². The van der Waals surface area contributed by atoms with Crippen LogP contribution in [0.15, 0.2) is 21.3 Å². The van der Waals surface area contributed by atoms with Gasteiger partial charge in [-0.15, -0.1) is 0 Å². The van der Waals surface area contributed by atoms with Crippen LogP contribution < -0.4 is 8.43 Å². The van der Waals surface area contributed by atoms with Gasteiger partial charge in [-0.3, -0.25) is 3.11 Å². The van der Waals surface area contributed by atoms with Crippen LogP contribution in [0.3, 0.4) is 0 Å². The van der Waals surface area contributed by atoms with Crippen molar-refractivity contribution in [3.63, 3.8) is 0 Å². The first kappa shape index (κ1) is 21.2. The van der Waals surface area contributed by atoms with Crippen molar-refractivity contribution in [2.75, 3.05) is 8.43 Å². The van der Waals surface area contributed by atoms with E-state index in [1.165, 1.54) is 0 Å². The Morgan fingerprint density at radius 3 is 2.68 bits per heavy atom. The van der Waals surface area contributed by atoms with Crippen molar-refractivity contribution in [3.05, 3.63) is 34.1 Å². The minimum absolute atomic E-state index is 0.269. The lowest BCUT2D eigenvalue weighted by Crippen LogP contribution is -2.21. The van der Waals surface area contributed by atoms with E-state index in [9.17, 15) is 5.11 Å². The van der Waals surface area contributed by atoms with Gasteiger partial charge in [-0.05, 0) is 51.3 Å². The fourth-order valence-electron chi connectivity index (χ4n) is 2.25. The molecule has 0 fully saturated rings. The summed E-state index contributed by atoms with van der Waals surface area (Å²) in [6.07, 6.45) is 0.512. The van der Waals surface area contributed by atoms with Crippen LogP contribution in [-0.2, 0) is 0 Å². The van der Waals surface area contributed by atoms with Crippen LogP contribution in [0.5, 0.6) is 0 Å². The van der Waals surface area contributed by atoms with E-state index in [2.05, 4.69) is 44.1 Å². The molecule has 28 heavy (non-hydrogen) atoms. The summed E-state index contributed by atoms with van der Waals surface area (Å²) >= 11 is 11.6. The lowest BCUT2D eigenvalue weighted by molar-refractivity contribution is 0.118. The number of benzene rings is 1. The average molecular weight is 532 g/mol. The number of hydrogen-bond acceptors (Lipinski definition) is 6. The van der Waals surface area contributed by atoms with Crippen molar-refractivity contribution in [3.8, 4) is 11.8 Å². The van der Waals surface area contributed by atoms with Gasteiger partial charge in [0.25, 0.3) is 0 Å². The quantitative estimate of drug-likeness (QED) is 0.289. The first-order valence-corrected chi connectivity index (χ1v) is 11.4. The molecule has 0 saturated carbocycles. The molecule has 6 nitrogen and oxygen atoms in total. The summed E-state index contributed by atoms with van der Waals surface area (Å²) in [7, 11) is 0. The van der Waals surface area contributed by atoms with Gasteiger partial charge < -0.3 is 10.4 Å². The molecule has 0 radical (unpaired) electrons. The van der Waals surface area contributed by atoms with Crippen molar-refractivity contribution in [1.82, 2.24) is 9.97 Å². The Balaban J connectivity index is 2.06. The zero-order valence-corrected chi connectivity index (χ0v) is 19.6. The summed E-state index contributed by atoms with van der Waals surface area (Å²) in [6.45, 7) is 7.75. The summed E-state index contributed by atoms with van der Waals surface area (Å²) < 4.78 is 6.88. The molecular weight excluding hydrogens is 512 g/mol. The highest BCUT2D eigenvalue weighted by Gasteiger charge is 2.26. The van der Waals surface area contributed by atoms with Crippen molar-refractivity contribution < 1.29 is 5.11 Å². The van der Waals surface area contributed by atoms with E-state index < -0.39 is 26.9 Å². The first-order chi connectivity index (χ1) is 13.2. The molecule has 1 aromatic heterocycles. The predicted octanol–water partition coefficient (Wildman–Crippen LogP) is 5.97. The lowest BCUT2D eigenvalue weighted by Gasteiger charge is -2.19. The molecule has 9 heteroatoms. The highest BCUT2D eigenvalue weighted by Crippen LogP contribution is 2.46. The molecule has 148 valence electrons. The summed E-state index contributed by atoms with van der Waals surface area (Å²) in [4.78, 5) is 9.14. The van der Waals surface area contributed by atoms with Crippen LogP contribution in [0.25, 0.3) is 0 Å². The molecule has 3 rings (SSSR count). The third-order valence-electron chi connectivity index (χ3n) is 4.04. The average Bonchev–Trinajstić information content (AvgIpc) is 3.08. The SMILES string of the molecule is CCC(C)(O)C#Cc1nc(Nc2ccc(Cl)c(Cl)c2)c2c(n1)N(C(C)C)I=N2. The van der Waals surface area contributed by atoms with Gasteiger partial charge in [-0.1, -0.05) is 36.0 Å². The van der Waals surface area contributed by atoms with Gasteiger partial charge >= 0.3 is 0 Å². The van der Waals surface area contributed by atoms with Gasteiger partial charge in [-0.2, -0.15) is 3.15 Å². The fourth-order valence-corrected chi connectivity index (χ4v) is 4.48. The normalized spacial score (nSPS) is 14.8. The van der Waals surface area contributed by atoms with Crippen molar-refractivity contribution >= 4 is 67.5 Å². The van der Waals surface area contributed by atoms with E-state index >= 15 is 0 Å². The lowest BCUT2D eigenvalue weighted by atomic mass is 10.1. The number of nitrogens with one attached hydrogen (secondary N) is 1. The highest BCUT2D eigenvalue weighted by molar-refractivity contribution is 14.2. The Kier molecular flexibility index (Phi) is 6.44. The summed E-state index contributed by atoms with van der Waals surface area (Å²) in [5.41, 5.74) is 0.376. The molecule has 1 unspecified atom stereocenters. The third-order valence-corrected chi connectivity index (χ3v) is 7.51. The van der Waals surface area contributed by atoms with Gasteiger partial charge in [0.15, 0.2) is 17.3 Å². The molecule has 0 aliphatic carbocycles. The van der Waals surface area contributed by atoms with Crippen molar-refractivity contribution in [2.24, 2.45) is 3.15 Å². The second-order valence-corrected chi connectivity index (χ2v) is 9.53. The van der Waals surface area contributed by atoms with Crippen LogP contribution in [0, 0.1) is 11.8 Å². The van der Waals surface area contributed by atoms with Crippen molar-refractivity contribution in [2.45, 2.75) is 45.8 Å². The monoisotopic (exact) mass is 531 g/mol. The molecule has 1 aromatic carbocycles. The van der Waals surface area contributed by atoms with Crippen LogP contribution >= 0.6 is 44.5 Å². The number of aliphatic hydroxyl groups is 1. The Morgan fingerprint density at radius 1 is 1.29 bits per heavy atom. The van der Waals surface area contributed by atoms with E-state index in [1.807, 2.05) is 13.0 Å². The molecule has 2 heterocycles. The Labute approximate surface area is 185 Å². The third kappa shape index (κ3) is 4.74. The minimum atomic E-state index is -1.09. The molecular formula is C19H20Cl2IN5O. The molecule has 0 bridgehead atoms. The van der Waals surface area contributed by atoms with E-state index in [1.54, 1.807) is 19.1 Å². The topological polar surface area (TPSA) is 73.6 Å². The molecule has 2 aromatic rings. The Bertz CT molecular complexity index is 998. The van der Waals surface area contributed by atoms with Crippen LogP contribution in [0.2, 0.25) is 10.0 Å². The second-order valence-electron chi connectivity index (χ2n) is 6.76. The number of anilines is 3. The Morgan fingerprint density at radius 2 is 2.04 bits per heavy atom. The number of halogens is 3. The number of fused-ring (bicyclic) bond motifs is 1. The van der Waals surface area contributed by atoms with Crippen LogP contribution in [0.1, 0.15) is 39.9 Å². The van der Waals surface area contributed by atoms with Gasteiger partial charge in [0.05, 0.1) is 10.0 Å². The zero-order valence-electron chi connectivity index (χ0n) is 15.9. The highest BCUT2D eigenvalue weighted by atomic mass is 127. The number of nitrogens with zero attached hydrogens (tertiary/aromatic N) is 4. The maximum Gasteiger partial charge on any atom is 0.209 e. The summed E-state index contributed by atoms with van der Waals surface area (Å²) in [5.74, 6) is 7.41. The molecule has 1 aliphatic heterocycles. The molecule has 0 spiro atoms. The smallest absolute Gasteiger partial charge is 0.209 e. The second kappa shape index (κ2) is 8.49. The zero-order chi connectivity index (χ0) is 20.5. The van der Waals surface area contributed by atoms with Gasteiger partial charge in [0, 0.05) is 11.7 Å². The van der Waals surface area contributed by atoms with E-state index in [0.29, 0.717) is 28.1 Å². The predicted molar refractivity (Wildman–Crippen MR) is 123 cm³/mol. The molecule has 1 aliphatic rings. The number of aromatic nitrogens is 2. The standard InChI is InChI=1S/C19H20Cl2IN5O/c1-5-19(4,28)9-8-15-24-17(23-12-6-7-13(20)14(21)10-12)16-18(25-15)27(11(2)3)22-26-16/h6-7,10-11,28H,5H2,1-4H3,(H,23,24,25). The molecule has 0 saturated heterocycles. The summed E-state index contributed by atoms with van der Waals surface area (Å²) in [6, 6.07) is 5.54. The van der Waals surface area contributed by atoms with Crippen molar-refractivity contribution in [1.29, 1.82) is 0 Å². The fraction of sp³-hybridized carbons (Fsp3) is 0.368. The first-order valence-electron chi connectivity index (χ1n) is 8.74. The van der Waals surface area contributed by atoms with Crippen LogP contribution in [0.4, 0.5) is 23.0 Å². The van der Waals surface area contributed by atoms with Crippen LogP contribution in [-0.4, -0.2) is 26.7 Å². The molecule has 1 atom stereocenters.